The Morgan fingerprint density at radius 3 is 1.53 bits per heavy atom. The maximum atomic E-state index is 12.4. The maximum Gasteiger partial charge on any atom is 0.271 e. The third-order valence-electron chi connectivity index (χ3n) is 4.82. The molecule has 0 aliphatic carbocycles. The molecular weight excluding hydrogens is 440 g/mol. The Morgan fingerprint density at radius 2 is 1.09 bits per heavy atom. The molecule has 3 rings (SSSR count). The van der Waals surface area contributed by atoms with Gasteiger partial charge in [0.15, 0.2) is 0 Å². The highest BCUT2D eigenvalue weighted by molar-refractivity contribution is 6.01. The molecule has 1 amide bonds. The van der Waals surface area contributed by atoms with Crippen molar-refractivity contribution in [1.82, 2.24) is 5.43 Å². The molecule has 172 valence electrons. The van der Waals surface area contributed by atoms with Crippen LogP contribution in [0.25, 0.3) is 0 Å². The number of amides is 1. The summed E-state index contributed by atoms with van der Waals surface area (Å²) in [6.07, 6.45) is 0. The van der Waals surface area contributed by atoms with Crippen LogP contribution < -0.4 is 10.9 Å². The molecule has 3 aromatic rings. The second-order valence-electron chi connectivity index (χ2n) is 7.13. The number of nitrogens with zero attached hydrogens (tertiary/aromatic N) is 4. The van der Waals surface area contributed by atoms with Crippen molar-refractivity contribution in [2.45, 2.75) is 13.8 Å². The van der Waals surface area contributed by atoms with Crippen molar-refractivity contribution < 1.29 is 14.6 Å². The molecule has 0 aromatic heterocycles. The number of carbonyl (C=O) groups is 1. The number of nitrogens with one attached hydrogen (secondary N) is 2. The molecular formula is C23H20N6O5. The zero-order valence-corrected chi connectivity index (χ0v) is 18.3. The number of non-ortho nitro benzene ring substituents is 2. The summed E-state index contributed by atoms with van der Waals surface area (Å²) in [4.78, 5) is 32.9. The summed E-state index contributed by atoms with van der Waals surface area (Å²) in [5.41, 5.74) is 8.84. The van der Waals surface area contributed by atoms with Gasteiger partial charge in [0.05, 0.1) is 27.0 Å². The second kappa shape index (κ2) is 10.6. The molecule has 0 aliphatic heterocycles. The maximum absolute atomic E-state index is 12.4. The van der Waals surface area contributed by atoms with Gasteiger partial charge in [0.25, 0.3) is 17.3 Å². The fraction of sp³-hybridized carbons (Fsp3) is 0.0870. The Hall–Kier alpha value is -4.93. The van der Waals surface area contributed by atoms with E-state index in [1.54, 1.807) is 62.4 Å². The average molecular weight is 460 g/mol. The van der Waals surface area contributed by atoms with E-state index < -0.39 is 15.8 Å². The highest BCUT2D eigenvalue weighted by Crippen LogP contribution is 2.15. The van der Waals surface area contributed by atoms with Gasteiger partial charge >= 0.3 is 0 Å². The van der Waals surface area contributed by atoms with Crippen LogP contribution in [0.15, 0.2) is 83.0 Å². The molecule has 11 nitrogen and oxygen atoms in total. The average Bonchev–Trinajstić information content (AvgIpc) is 2.86. The van der Waals surface area contributed by atoms with Gasteiger partial charge in [-0.25, -0.2) is 5.43 Å². The molecule has 0 aliphatic rings. The van der Waals surface area contributed by atoms with Gasteiger partial charge in [0.1, 0.15) is 0 Å². The van der Waals surface area contributed by atoms with Crippen LogP contribution in [-0.4, -0.2) is 27.2 Å². The summed E-state index contributed by atoms with van der Waals surface area (Å²) in [5.74, 6) is -0.418. The van der Waals surface area contributed by atoms with Crippen molar-refractivity contribution in [3.05, 3.63) is 110 Å². The number of nitro groups is 2. The standard InChI is InChI=1S/C23H20N6O5/c1-15(17-5-11-21(12-6-17)28(31)32)24-26-20-9-3-19(4-10-20)23(30)27-25-16(2)18-7-13-22(14-8-18)29(33)34/h3-14,26H,1-2H3,(H,27,30)/b24-15+,25-16+. The van der Waals surface area contributed by atoms with Crippen molar-refractivity contribution in [2.75, 3.05) is 5.43 Å². The van der Waals surface area contributed by atoms with E-state index in [1.807, 2.05) is 0 Å². The van der Waals surface area contributed by atoms with Crippen molar-refractivity contribution >= 4 is 34.4 Å². The lowest BCUT2D eigenvalue weighted by Gasteiger charge is -2.06. The summed E-state index contributed by atoms with van der Waals surface area (Å²) in [5, 5.41) is 29.8. The van der Waals surface area contributed by atoms with Crippen molar-refractivity contribution in [3.63, 3.8) is 0 Å². The summed E-state index contributed by atoms with van der Waals surface area (Å²) in [7, 11) is 0. The summed E-state index contributed by atoms with van der Waals surface area (Å²) < 4.78 is 0. The molecule has 0 saturated heterocycles. The number of nitro benzene ring substituents is 2. The van der Waals surface area contributed by atoms with Crippen LogP contribution in [0.5, 0.6) is 0 Å². The van der Waals surface area contributed by atoms with Crippen molar-refractivity contribution in [2.24, 2.45) is 10.2 Å². The first-order valence-electron chi connectivity index (χ1n) is 9.99. The van der Waals surface area contributed by atoms with Gasteiger partial charge in [-0.05, 0) is 73.5 Å². The zero-order chi connectivity index (χ0) is 24.7. The number of hydrazone groups is 2. The molecule has 0 heterocycles. The zero-order valence-electron chi connectivity index (χ0n) is 18.3. The molecule has 0 radical (unpaired) electrons. The number of rotatable bonds is 8. The van der Waals surface area contributed by atoms with E-state index in [0.717, 1.165) is 5.56 Å². The number of anilines is 1. The summed E-state index contributed by atoms with van der Waals surface area (Å²) >= 11 is 0. The normalized spacial score (nSPS) is 11.6. The Bertz CT molecular complexity index is 1270. The molecule has 2 N–H and O–H groups in total. The topological polar surface area (TPSA) is 152 Å². The van der Waals surface area contributed by atoms with Crippen LogP contribution in [0, 0.1) is 20.2 Å². The smallest absolute Gasteiger partial charge is 0.271 e. The van der Waals surface area contributed by atoms with Gasteiger partial charge in [0.2, 0.25) is 0 Å². The lowest BCUT2D eigenvalue weighted by atomic mass is 10.1. The van der Waals surface area contributed by atoms with Crippen molar-refractivity contribution in [1.29, 1.82) is 0 Å². The predicted molar refractivity (Wildman–Crippen MR) is 128 cm³/mol. The first-order chi connectivity index (χ1) is 16.2. The third-order valence-corrected chi connectivity index (χ3v) is 4.82. The number of hydrogen-bond acceptors (Lipinski definition) is 8. The Balaban J connectivity index is 1.59. The fourth-order valence-corrected chi connectivity index (χ4v) is 2.82. The first-order valence-corrected chi connectivity index (χ1v) is 9.99. The Labute approximate surface area is 194 Å². The number of benzene rings is 3. The van der Waals surface area contributed by atoms with Gasteiger partial charge in [0, 0.05) is 29.8 Å². The number of carbonyl (C=O) groups excluding carboxylic acids is 1. The van der Waals surface area contributed by atoms with Gasteiger partial charge in [-0.2, -0.15) is 10.2 Å². The van der Waals surface area contributed by atoms with Crippen LogP contribution in [0.4, 0.5) is 17.1 Å². The van der Waals surface area contributed by atoms with E-state index in [2.05, 4.69) is 21.1 Å². The first kappa shape index (κ1) is 23.7. The molecule has 0 atom stereocenters. The SMILES string of the molecule is C/C(=N\NC(=O)c1ccc(N/N=C(\C)c2ccc([N+](=O)[O-])cc2)cc1)c1ccc([N+](=O)[O-])cc1. The van der Waals surface area contributed by atoms with E-state index in [9.17, 15) is 25.0 Å². The van der Waals surface area contributed by atoms with Gasteiger partial charge in [-0.1, -0.05) is 0 Å². The highest BCUT2D eigenvalue weighted by Gasteiger charge is 2.08. The van der Waals surface area contributed by atoms with Crippen LogP contribution in [-0.2, 0) is 0 Å². The van der Waals surface area contributed by atoms with Gasteiger partial charge in [-0.3, -0.25) is 30.4 Å². The minimum atomic E-state index is -0.487. The minimum absolute atomic E-state index is 0.00523. The quantitative estimate of drug-likeness (QED) is 0.287. The van der Waals surface area contributed by atoms with E-state index in [-0.39, 0.29) is 11.4 Å². The fourth-order valence-electron chi connectivity index (χ4n) is 2.82. The van der Waals surface area contributed by atoms with Gasteiger partial charge < -0.3 is 0 Å². The lowest BCUT2D eigenvalue weighted by molar-refractivity contribution is -0.385. The number of hydrogen-bond donors (Lipinski definition) is 2. The molecule has 0 saturated carbocycles. The molecule has 0 fully saturated rings. The second-order valence-corrected chi connectivity index (χ2v) is 7.13. The molecule has 34 heavy (non-hydrogen) atoms. The monoisotopic (exact) mass is 460 g/mol. The molecule has 3 aromatic carbocycles. The van der Waals surface area contributed by atoms with E-state index >= 15 is 0 Å². The third kappa shape index (κ3) is 6.07. The largest absolute Gasteiger partial charge is 0.278 e. The lowest BCUT2D eigenvalue weighted by Crippen LogP contribution is -2.19. The summed E-state index contributed by atoms with van der Waals surface area (Å²) in [6.45, 7) is 3.45. The summed E-state index contributed by atoms with van der Waals surface area (Å²) in [6, 6.07) is 18.5. The van der Waals surface area contributed by atoms with Crippen LogP contribution in [0.3, 0.4) is 0 Å². The van der Waals surface area contributed by atoms with E-state index in [4.69, 9.17) is 0 Å². The Morgan fingerprint density at radius 1 is 0.676 bits per heavy atom. The highest BCUT2D eigenvalue weighted by atomic mass is 16.6. The Kier molecular flexibility index (Phi) is 7.39. The van der Waals surface area contributed by atoms with E-state index in [1.165, 1.54) is 24.3 Å². The predicted octanol–water partition coefficient (Wildman–Crippen LogP) is 4.49. The van der Waals surface area contributed by atoms with Gasteiger partial charge in [-0.15, -0.1) is 0 Å². The molecule has 0 unspecified atom stereocenters. The minimum Gasteiger partial charge on any atom is -0.278 e. The van der Waals surface area contributed by atoms with E-state index in [0.29, 0.717) is 28.2 Å². The van der Waals surface area contributed by atoms with Crippen LogP contribution in [0.1, 0.15) is 35.3 Å². The molecule has 11 heteroatoms. The van der Waals surface area contributed by atoms with Crippen molar-refractivity contribution in [3.8, 4) is 0 Å². The van der Waals surface area contributed by atoms with Crippen LogP contribution >= 0.6 is 0 Å². The molecule has 0 spiro atoms. The molecule has 0 bridgehead atoms. The van der Waals surface area contributed by atoms with Crippen LogP contribution in [0.2, 0.25) is 0 Å².